The van der Waals surface area contributed by atoms with Gasteiger partial charge in [0.1, 0.15) is 0 Å². The van der Waals surface area contributed by atoms with E-state index in [4.69, 9.17) is 22.0 Å². The van der Waals surface area contributed by atoms with E-state index in [2.05, 4.69) is 11.8 Å². The predicted octanol–water partition coefficient (Wildman–Crippen LogP) is 1.71. The van der Waals surface area contributed by atoms with E-state index in [0.717, 1.165) is 0 Å². The van der Waals surface area contributed by atoms with Crippen molar-refractivity contribution in [3.8, 4) is 17.9 Å². The summed E-state index contributed by atoms with van der Waals surface area (Å²) in [6.45, 7) is -0.124. The molecule has 1 rings (SSSR count). The Bertz CT molecular complexity index is 409. The van der Waals surface area contributed by atoms with Gasteiger partial charge in [0.15, 0.2) is 6.07 Å². The van der Waals surface area contributed by atoms with Gasteiger partial charge in [-0.15, -0.1) is 0 Å². The molecular formula is C10H6ClNO. The van der Waals surface area contributed by atoms with Gasteiger partial charge in [0.25, 0.3) is 0 Å². The zero-order valence-electron chi connectivity index (χ0n) is 6.71. The number of halogens is 1. The molecule has 0 fully saturated rings. The summed E-state index contributed by atoms with van der Waals surface area (Å²) >= 11 is 5.76. The van der Waals surface area contributed by atoms with Crippen molar-refractivity contribution in [1.82, 2.24) is 0 Å². The van der Waals surface area contributed by atoms with Gasteiger partial charge >= 0.3 is 0 Å². The fraction of sp³-hybridized carbons (Fsp3) is 0.100. The first kappa shape index (κ1) is 9.61. The van der Waals surface area contributed by atoms with Crippen LogP contribution >= 0.6 is 11.6 Å². The minimum absolute atomic E-state index is 0.124. The Morgan fingerprint density at radius 2 is 2.23 bits per heavy atom. The van der Waals surface area contributed by atoms with Crippen LogP contribution in [0, 0.1) is 23.2 Å². The van der Waals surface area contributed by atoms with E-state index in [0.29, 0.717) is 16.1 Å². The second kappa shape index (κ2) is 4.52. The molecule has 0 unspecified atom stereocenters. The Morgan fingerprint density at radius 3 is 2.85 bits per heavy atom. The highest BCUT2D eigenvalue weighted by Crippen LogP contribution is 2.16. The first-order valence-corrected chi connectivity index (χ1v) is 3.95. The number of aliphatic hydroxyl groups is 1. The number of benzene rings is 1. The van der Waals surface area contributed by atoms with Crippen LogP contribution in [0.3, 0.4) is 0 Å². The topological polar surface area (TPSA) is 44.0 Å². The molecule has 0 saturated heterocycles. The van der Waals surface area contributed by atoms with Gasteiger partial charge in [0, 0.05) is 16.5 Å². The van der Waals surface area contributed by atoms with E-state index < -0.39 is 0 Å². The van der Waals surface area contributed by atoms with Crippen molar-refractivity contribution in [3.05, 3.63) is 34.3 Å². The lowest BCUT2D eigenvalue weighted by Gasteiger charge is -1.99. The van der Waals surface area contributed by atoms with Gasteiger partial charge in [-0.3, -0.25) is 0 Å². The van der Waals surface area contributed by atoms with Crippen LogP contribution in [0.15, 0.2) is 18.2 Å². The van der Waals surface area contributed by atoms with E-state index in [1.165, 1.54) is 0 Å². The van der Waals surface area contributed by atoms with Crippen LogP contribution in [0.25, 0.3) is 0 Å². The molecule has 1 N–H and O–H groups in total. The van der Waals surface area contributed by atoms with Crippen LogP contribution in [0.4, 0.5) is 0 Å². The number of nitriles is 1. The number of hydrogen-bond acceptors (Lipinski definition) is 2. The second-order valence-electron chi connectivity index (χ2n) is 2.33. The van der Waals surface area contributed by atoms with E-state index in [1.54, 1.807) is 24.3 Å². The maximum Gasteiger partial charge on any atom is 0.152 e. The molecule has 0 saturated carbocycles. The number of hydrogen-bond donors (Lipinski definition) is 1. The first-order valence-electron chi connectivity index (χ1n) is 3.57. The van der Waals surface area contributed by atoms with Crippen LogP contribution in [-0.4, -0.2) is 5.11 Å². The van der Waals surface area contributed by atoms with Crippen LogP contribution in [0.2, 0.25) is 5.02 Å². The van der Waals surface area contributed by atoms with Crippen molar-refractivity contribution >= 4 is 11.6 Å². The molecule has 3 heteroatoms. The molecule has 0 aliphatic rings. The molecule has 1 aromatic rings. The molecule has 0 aliphatic carbocycles. The fourth-order valence-electron chi connectivity index (χ4n) is 0.874. The summed E-state index contributed by atoms with van der Waals surface area (Å²) in [5.41, 5.74) is 1.29. The molecule has 2 nitrogen and oxygen atoms in total. The number of aliphatic hydroxyl groups excluding tert-OH is 1. The smallest absolute Gasteiger partial charge is 0.152 e. The Hall–Kier alpha value is -1.48. The molecule has 0 radical (unpaired) electrons. The molecule has 0 atom stereocenters. The Kier molecular flexibility index (Phi) is 3.34. The van der Waals surface area contributed by atoms with E-state index in [-0.39, 0.29) is 6.61 Å². The van der Waals surface area contributed by atoms with Crippen molar-refractivity contribution in [2.75, 3.05) is 0 Å². The SMILES string of the molecule is N#CC#Cc1ccc(Cl)c(CO)c1. The average molecular weight is 192 g/mol. The third kappa shape index (κ3) is 2.49. The third-order valence-electron chi connectivity index (χ3n) is 1.48. The van der Waals surface area contributed by atoms with E-state index >= 15 is 0 Å². The molecular weight excluding hydrogens is 186 g/mol. The normalized spacial score (nSPS) is 8.38. The zero-order chi connectivity index (χ0) is 9.68. The van der Waals surface area contributed by atoms with Crippen molar-refractivity contribution in [2.45, 2.75) is 6.61 Å². The third-order valence-corrected chi connectivity index (χ3v) is 1.85. The Labute approximate surface area is 81.4 Å². The van der Waals surface area contributed by atoms with Crippen LogP contribution in [0.1, 0.15) is 11.1 Å². The maximum absolute atomic E-state index is 8.87. The lowest BCUT2D eigenvalue weighted by atomic mass is 10.1. The second-order valence-corrected chi connectivity index (χ2v) is 2.73. The Morgan fingerprint density at radius 1 is 1.46 bits per heavy atom. The fourth-order valence-corrected chi connectivity index (χ4v) is 1.05. The van der Waals surface area contributed by atoms with Crippen molar-refractivity contribution < 1.29 is 5.11 Å². The summed E-state index contributed by atoms with van der Waals surface area (Å²) in [6.07, 6.45) is 0. The maximum atomic E-state index is 8.87. The van der Waals surface area contributed by atoms with Gasteiger partial charge < -0.3 is 5.11 Å². The average Bonchev–Trinajstić information content (AvgIpc) is 2.16. The molecule has 0 spiro atoms. The zero-order valence-corrected chi connectivity index (χ0v) is 7.47. The lowest BCUT2D eigenvalue weighted by molar-refractivity contribution is 0.282. The largest absolute Gasteiger partial charge is 0.392 e. The number of rotatable bonds is 1. The molecule has 0 aromatic heterocycles. The molecule has 1 aromatic carbocycles. The highest BCUT2D eigenvalue weighted by Gasteiger charge is 1.98. The highest BCUT2D eigenvalue weighted by atomic mass is 35.5. The van der Waals surface area contributed by atoms with Gasteiger partial charge in [0.2, 0.25) is 0 Å². The molecule has 0 heterocycles. The summed E-state index contributed by atoms with van der Waals surface area (Å²) < 4.78 is 0. The van der Waals surface area contributed by atoms with E-state index in [9.17, 15) is 0 Å². The molecule has 0 aliphatic heterocycles. The van der Waals surface area contributed by atoms with Crippen molar-refractivity contribution in [2.24, 2.45) is 0 Å². The van der Waals surface area contributed by atoms with Crippen molar-refractivity contribution in [3.63, 3.8) is 0 Å². The summed E-state index contributed by atoms with van der Waals surface area (Å²) in [7, 11) is 0. The molecule has 0 bridgehead atoms. The standard InChI is InChI=1S/C10H6ClNO/c11-10-4-3-8(2-1-5-12)6-9(10)7-13/h3-4,6,13H,7H2. The quantitative estimate of drug-likeness (QED) is 0.687. The Balaban J connectivity index is 3.08. The van der Waals surface area contributed by atoms with Crippen LogP contribution < -0.4 is 0 Å². The molecule has 0 amide bonds. The molecule has 64 valence electrons. The minimum atomic E-state index is -0.124. The van der Waals surface area contributed by atoms with E-state index in [1.807, 2.05) is 0 Å². The lowest BCUT2D eigenvalue weighted by Crippen LogP contribution is -1.86. The number of nitrogens with zero attached hydrogens (tertiary/aromatic N) is 1. The van der Waals surface area contributed by atoms with Crippen LogP contribution in [0.5, 0.6) is 0 Å². The summed E-state index contributed by atoms with van der Waals surface area (Å²) in [5.74, 6) is 4.88. The summed E-state index contributed by atoms with van der Waals surface area (Å²) in [5, 5.41) is 17.6. The molecule has 13 heavy (non-hydrogen) atoms. The highest BCUT2D eigenvalue weighted by molar-refractivity contribution is 6.31. The van der Waals surface area contributed by atoms with Gasteiger partial charge in [-0.1, -0.05) is 17.5 Å². The summed E-state index contributed by atoms with van der Waals surface area (Å²) in [4.78, 5) is 0. The van der Waals surface area contributed by atoms with Gasteiger partial charge in [-0.2, -0.15) is 5.26 Å². The van der Waals surface area contributed by atoms with Gasteiger partial charge in [-0.05, 0) is 23.8 Å². The van der Waals surface area contributed by atoms with Gasteiger partial charge in [-0.25, -0.2) is 0 Å². The van der Waals surface area contributed by atoms with Gasteiger partial charge in [0.05, 0.1) is 6.61 Å². The summed E-state index contributed by atoms with van der Waals surface area (Å²) in [6, 6.07) is 6.72. The predicted molar refractivity (Wildman–Crippen MR) is 49.9 cm³/mol. The first-order chi connectivity index (χ1) is 6.27. The minimum Gasteiger partial charge on any atom is -0.392 e. The monoisotopic (exact) mass is 191 g/mol. The van der Waals surface area contributed by atoms with Crippen LogP contribution in [-0.2, 0) is 6.61 Å². The van der Waals surface area contributed by atoms with Crippen molar-refractivity contribution in [1.29, 1.82) is 5.26 Å².